The molecule has 0 saturated carbocycles. The number of rotatable bonds is 8. The Morgan fingerprint density at radius 2 is 2.21 bits per heavy atom. The van der Waals surface area contributed by atoms with E-state index in [4.69, 9.17) is 0 Å². The van der Waals surface area contributed by atoms with Gasteiger partial charge in [-0.25, -0.2) is 4.98 Å². The Morgan fingerprint density at radius 3 is 2.83 bits per heavy atom. The number of carbonyl (C=O) groups is 1. The van der Waals surface area contributed by atoms with Gasteiger partial charge >= 0.3 is 0 Å². The van der Waals surface area contributed by atoms with Gasteiger partial charge in [0, 0.05) is 29.2 Å². The topological polar surface area (TPSA) is 85.1 Å². The predicted molar refractivity (Wildman–Crippen MR) is 95.9 cm³/mol. The molecule has 0 aliphatic heterocycles. The highest BCUT2D eigenvalue weighted by molar-refractivity contribution is 8.01. The lowest BCUT2D eigenvalue weighted by Crippen LogP contribution is -2.24. The summed E-state index contributed by atoms with van der Waals surface area (Å²) in [7, 11) is 0. The molecule has 24 heavy (non-hydrogen) atoms. The smallest absolute Gasteiger partial charge is 0.284 e. The van der Waals surface area contributed by atoms with Crippen molar-refractivity contribution in [1.29, 1.82) is 0 Å². The second kappa shape index (κ2) is 8.79. The molecule has 0 bridgehead atoms. The molecule has 0 aliphatic carbocycles. The first-order valence-electron chi connectivity index (χ1n) is 7.68. The highest BCUT2D eigenvalue weighted by Crippen LogP contribution is 2.36. The van der Waals surface area contributed by atoms with Gasteiger partial charge in [0.05, 0.1) is 9.82 Å². The monoisotopic (exact) mass is 365 g/mol. The van der Waals surface area contributed by atoms with Crippen LogP contribution in [0.15, 0.2) is 32.8 Å². The number of aromatic nitrogens is 1. The number of nitro groups is 1. The first-order chi connectivity index (χ1) is 11.5. The minimum absolute atomic E-state index is 0.0749. The molecular formula is C16H19N3O3S2. The molecule has 1 aromatic carbocycles. The molecule has 8 heteroatoms. The van der Waals surface area contributed by atoms with Gasteiger partial charge in [-0.1, -0.05) is 31.5 Å². The highest BCUT2D eigenvalue weighted by Gasteiger charge is 2.19. The van der Waals surface area contributed by atoms with Crippen molar-refractivity contribution in [2.45, 2.75) is 42.3 Å². The number of amides is 1. The zero-order valence-corrected chi connectivity index (χ0v) is 15.2. The van der Waals surface area contributed by atoms with Crippen LogP contribution in [0.3, 0.4) is 0 Å². The van der Waals surface area contributed by atoms with Gasteiger partial charge in [-0.2, -0.15) is 0 Å². The van der Waals surface area contributed by atoms with Crippen molar-refractivity contribution in [2.75, 3.05) is 6.54 Å². The molecule has 1 amide bonds. The molecule has 0 spiro atoms. The Hall–Kier alpha value is -1.93. The summed E-state index contributed by atoms with van der Waals surface area (Å²) in [6.07, 6.45) is 3.02. The molecule has 2 aromatic rings. The maximum absolute atomic E-state index is 12.1. The van der Waals surface area contributed by atoms with Crippen LogP contribution in [0.25, 0.3) is 0 Å². The van der Waals surface area contributed by atoms with Crippen LogP contribution in [-0.2, 0) is 0 Å². The van der Waals surface area contributed by atoms with E-state index in [1.807, 2.05) is 12.3 Å². The van der Waals surface area contributed by atoms with Gasteiger partial charge in [0.2, 0.25) is 0 Å². The number of aryl methyl sites for hydroxylation is 1. The molecule has 128 valence electrons. The van der Waals surface area contributed by atoms with E-state index in [1.165, 1.54) is 29.2 Å². The number of hydrogen-bond donors (Lipinski definition) is 1. The van der Waals surface area contributed by atoms with Gasteiger partial charge < -0.3 is 5.32 Å². The highest BCUT2D eigenvalue weighted by atomic mass is 32.2. The zero-order chi connectivity index (χ0) is 17.5. The molecule has 0 aliphatic rings. The third-order valence-corrected chi connectivity index (χ3v) is 5.40. The standard InChI is InChI=1S/C16H19N3O3S2/c1-3-4-5-8-17-15(20)12-6-7-14(13(9-12)19(21)22)24-16-18-11(2)10-23-16/h6-7,9-10H,3-5,8H2,1-2H3,(H,17,20). The van der Waals surface area contributed by atoms with Crippen LogP contribution in [0.1, 0.15) is 42.2 Å². The summed E-state index contributed by atoms with van der Waals surface area (Å²) in [4.78, 5) is 27.8. The largest absolute Gasteiger partial charge is 0.352 e. The van der Waals surface area contributed by atoms with Gasteiger partial charge in [-0.05, 0) is 25.5 Å². The van der Waals surface area contributed by atoms with Crippen molar-refractivity contribution in [3.8, 4) is 0 Å². The Morgan fingerprint density at radius 1 is 1.42 bits per heavy atom. The van der Waals surface area contributed by atoms with E-state index < -0.39 is 4.92 Å². The van der Waals surface area contributed by atoms with Crippen LogP contribution in [0.5, 0.6) is 0 Å². The summed E-state index contributed by atoms with van der Waals surface area (Å²) < 4.78 is 0.743. The van der Waals surface area contributed by atoms with Crippen LogP contribution in [0, 0.1) is 17.0 Å². The van der Waals surface area contributed by atoms with E-state index in [1.54, 1.807) is 12.1 Å². The lowest BCUT2D eigenvalue weighted by Gasteiger charge is -2.06. The third kappa shape index (κ3) is 5.04. The van der Waals surface area contributed by atoms with Crippen LogP contribution >= 0.6 is 23.1 Å². The van der Waals surface area contributed by atoms with E-state index in [0.717, 1.165) is 29.3 Å². The van der Waals surface area contributed by atoms with Crippen LogP contribution < -0.4 is 5.32 Å². The number of nitrogens with one attached hydrogen (secondary N) is 1. The maximum Gasteiger partial charge on any atom is 0.284 e. The summed E-state index contributed by atoms with van der Waals surface area (Å²) >= 11 is 2.68. The van der Waals surface area contributed by atoms with Crippen molar-refractivity contribution < 1.29 is 9.72 Å². The molecule has 6 nitrogen and oxygen atoms in total. The minimum atomic E-state index is -0.462. The Balaban J connectivity index is 2.13. The third-order valence-electron chi connectivity index (χ3n) is 3.28. The van der Waals surface area contributed by atoms with Gasteiger partial charge in [0.15, 0.2) is 4.34 Å². The van der Waals surface area contributed by atoms with Crippen molar-refractivity contribution in [3.05, 3.63) is 45.0 Å². The van der Waals surface area contributed by atoms with Crippen LogP contribution in [-0.4, -0.2) is 22.4 Å². The van der Waals surface area contributed by atoms with Crippen molar-refractivity contribution >= 4 is 34.7 Å². The molecule has 2 rings (SSSR count). The van der Waals surface area contributed by atoms with Crippen LogP contribution in [0.2, 0.25) is 0 Å². The first kappa shape index (κ1) is 18.4. The van der Waals surface area contributed by atoms with Gasteiger partial charge in [-0.3, -0.25) is 14.9 Å². The molecule has 1 N–H and O–H groups in total. The summed E-state index contributed by atoms with van der Waals surface area (Å²) in [5.74, 6) is -0.282. The van der Waals surface area contributed by atoms with Gasteiger partial charge in [-0.15, -0.1) is 11.3 Å². The molecule has 0 radical (unpaired) electrons. The number of unbranched alkanes of at least 4 members (excludes halogenated alkanes) is 2. The lowest BCUT2D eigenvalue weighted by molar-refractivity contribution is -0.387. The van der Waals surface area contributed by atoms with E-state index in [0.29, 0.717) is 17.0 Å². The average molecular weight is 365 g/mol. The van der Waals surface area contributed by atoms with E-state index in [-0.39, 0.29) is 11.6 Å². The second-order valence-corrected chi connectivity index (χ2v) is 7.41. The normalized spacial score (nSPS) is 10.6. The number of nitrogens with zero attached hydrogens (tertiary/aromatic N) is 2. The van der Waals surface area contributed by atoms with Crippen molar-refractivity contribution in [2.24, 2.45) is 0 Å². The Kier molecular flexibility index (Phi) is 6.74. The fourth-order valence-corrected chi connectivity index (χ4v) is 3.92. The molecule has 0 saturated heterocycles. The van der Waals surface area contributed by atoms with Gasteiger partial charge in [0.25, 0.3) is 11.6 Å². The summed E-state index contributed by atoms with van der Waals surface area (Å²) in [5.41, 5.74) is 1.11. The lowest BCUT2D eigenvalue weighted by atomic mass is 10.2. The number of nitro benzene ring substituents is 1. The first-order valence-corrected chi connectivity index (χ1v) is 9.37. The quantitative estimate of drug-likeness (QED) is 0.425. The van der Waals surface area contributed by atoms with E-state index in [2.05, 4.69) is 17.2 Å². The molecule has 0 fully saturated rings. The SMILES string of the molecule is CCCCCNC(=O)c1ccc(Sc2nc(C)cs2)c([N+](=O)[O-])c1. The van der Waals surface area contributed by atoms with Gasteiger partial charge in [0.1, 0.15) is 0 Å². The number of thiazole rings is 1. The molecule has 0 atom stereocenters. The number of carbonyl (C=O) groups excluding carboxylic acids is 1. The second-order valence-electron chi connectivity index (χ2n) is 5.26. The van der Waals surface area contributed by atoms with Crippen molar-refractivity contribution in [1.82, 2.24) is 10.3 Å². The zero-order valence-electron chi connectivity index (χ0n) is 13.6. The fraction of sp³-hybridized carbons (Fsp3) is 0.375. The molecule has 1 heterocycles. The predicted octanol–water partition coefficient (Wildman–Crippen LogP) is 4.43. The molecule has 1 aromatic heterocycles. The maximum atomic E-state index is 12.1. The average Bonchev–Trinajstić information content (AvgIpc) is 2.96. The summed E-state index contributed by atoms with van der Waals surface area (Å²) in [6.45, 7) is 4.54. The summed E-state index contributed by atoms with van der Waals surface area (Å²) in [6, 6.07) is 4.56. The molecular weight excluding hydrogens is 346 g/mol. The van der Waals surface area contributed by atoms with Crippen LogP contribution in [0.4, 0.5) is 5.69 Å². The minimum Gasteiger partial charge on any atom is -0.352 e. The summed E-state index contributed by atoms with van der Waals surface area (Å²) in [5, 5.41) is 16.0. The van der Waals surface area contributed by atoms with Crippen molar-refractivity contribution in [3.63, 3.8) is 0 Å². The van der Waals surface area contributed by atoms with E-state index in [9.17, 15) is 14.9 Å². The fourth-order valence-electron chi connectivity index (χ4n) is 2.04. The molecule has 0 unspecified atom stereocenters. The number of benzene rings is 1. The Labute approximate surface area is 148 Å². The number of hydrogen-bond acceptors (Lipinski definition) is 6. The van der Waals surface area contributed by atoms with E-state index >= 15 is 0 Å². The Bertz CT molecular complexity index is 731.